The minimum Gasteiger partial charge on any atom is -0.370 e. The normalized spacial score (nSPS) is 12.2. The quantitative estimate of drug-likeness (QED) is 0.763. The predicted molar refractivity (Wildman–Crippen MR) is 60.6 cm³/mol. The number of ether oxygens (including phenoxy) is 1. The smallest absolute Gasteiger partial charge is 0.253 e. The zero-order valence-electron chi connectivity index (χ0n) is 9.59. The molecule has 0 radical (unpaired) electrons. The molecule has 5 heteroatoms. The number of likely N-dealkylation sites (N-methyl/N-ethyl adjacent to an activating group) is 1. The maximum absolute atomic E-state index is 11.8. The number of nitrogens with zero attached hydrogens (tertiary/aromatic N) is 2. The average molecular weight is 223 g/mol. The fourth-order valence-corrected chi connectivity index (χ4v) is 1.36. The first-order valence-corrected chi connectivity index (χ1v) is 5.06. The zero-order chi connectivity index (χ0) is 12.0. The van der Waals surface area contributed by atoms with Crippen LogP contribution in [0.2, 0.25) is 0 Å². The summed E-state index contributed by atoms with van der Waals surface area (Å²) in [5.41, 5.74) is 6.27. The van der Waals surface area contributed by atoms with Crippen molar-refractivity contribution in [2.75, 3.05) is 20.7 Å². The van der Waals surface area contributed by atoms with Crippen molar-refractivity contribution in [1.29, 1.82) is 0 Å². The lowest BCUT2D eigenvalue weighted by molar-refractivity contribution is -0.140. The van der Waals surface area contributed by atoms with Crippen molar-refractivity contribution in [3.8, 4) is 0 Å². The lowest BCUT2D eigenvalue weighted by Gasteiger charge is -2.21. The second kappa shape index (κ2) is 6.19. The van der Waals surface area contributed by atoms with E-state index in [1.807, 2.05) is 18.2 Å². The summed E-state index contributed by atoms with van der Waals surface area (Å²) in [5, 5.41) is 0. The monoisotopic (exact) mass is 223 g/mol. The summed E-state index contributed by atoms with van der Waals surface area (Å²) in [6, 6.07) is 5.59. The number of carbonyl (C=O) groups is 1. The Bertz CT molecular complexity index is 325. The highest BCUT2D eigenvalue weighted by atomic mass is 16.5. The van der Waals surface area contributed by atoms with Crippen LogP contribution in [0.25, 0.3) is 0 Å². The number of pyridine rings is 1. The van der Waals surface area contributed by atoms with Crippen LogP contribution in [0.15, 0.2) is 24.4 Å². The van der Waals surface area contributed by atoms with Gasteiger partial charge in [0.1, 0.15) is 6.10 Å². The van der Waals surface area contributed by atoms with Crippen LogP contribution in [-0.2, 0) is 16.1 Å². The van der Waals surface area contributed by atoms with Gasteiger partial charge in [-0.3, -0.25) is 9.78 Å². The molecule has 0 aliphatic heterocycles. The molecule has 1 rings (SSSR count). The molecule has 0 saturated carbocycles. The molecule has 0 spiro atoms. The van der Waals surface area contributed by atoms with Crippen molar-refractivity contribution >= 4 is 5.91 Å². The average Bonchev–Trinajstić information content (AvgIpc) is 2.31. The van der Waals surface area contributed by atoms with Crippen LogP contribution in [0.4, 0.5) is 0 Å². The first-order valence-electron chi connectivity index (χ1n) is 5.06. The molecule has 0 aromatic carbocycles. The van der Waals surface area contributed by atoms with Gasteiger partial charge in [0.2, 0.25) is 0 Å². The molecule has 1 aromatic rings. The molecule has 1 aromatic heterocycles. The van der Waals surface area contributed by atoms with Crippen molar-refractivity contribution < 1.29 is 9.53 Å². The van der Waals surface area contributed by atoms with Crippen LogP contribution in [-0.4, -0.2) is 42.6 Å². The first-order chi connectivity index (χ1) is 7.69. The van der Waals surface area contributed by atoms with Crippen LogP contribution in [0.5, 0.6) is 0 Å². The van der Waals surface area contributed by atoms with Gasteiger partial charge in [-0.1, -0.05) is 6.07 Å². The van der Waals surface area contributed by atoms with E-state index in [4.69, 9.17) is 10.5 Å². The van der Waals surface area contributed by atoms with Crippen LogP contribution in [0, 0.1) is 0 Å². The zero-order valence-corrected chi connectivity index (χ0v) is 9.59. The van der Waals surface area contributed by atoms with E-state index in [-0.39, 0.29) is 12.5 Å². The molecule has 0 aliphatic carbocycles. The van der Waals surface area contributed by atoms with E-state index < -0.39 is 6.10 Å². The van der Waals surface area contributed by atoms with Crippen LogP contribution in [0.1, 0.15) is 5.69 Å². The number of hydrogen-bond acceptors (Lipinski definition) is 4. The van der Waals surface area contributed by atoms with Crippen LogP contribution >= 0.6 is 0 Å². The molecular formula is C11H17N3O2. The fourth-order valence-electron chi connectivity index (χ4n) is 1.36. The van der Waals surface area contributed by atoms with E-state index in [0.717, 1.165) is 5.69 Å². The Kier molecular flexibility index (Phi) is 4.88. The van der Waals surface area contributed by atoms with Crippen molar-refractivity contribution in [1.82, 2.24) is 9.88 Å². The molecule has 1 amide bonds. The number of nitrogens with two attached hydrogens (primary N) is 1. The Morgan fingerprint density at radius 3 is 2.88 bits per heavy atom. The highest BCUT2D eigenvalue weighted by Gasteiger charge is 2.20. The van der Waals surface area contributed by atoms with E-state index >= 15 is 0 Å². The van der Waals surface area contributed by atoms with Crippen molar-refractivity contribution in [3.05, 3.63) is 30.1 Å². The molecule has 1 heterocycles. The molecule has 1 unspecified atom stereocenters. The van der Waals surface area contributed by atoms with Gasteiger partial charge in [-0.05, 0) is 12.1 Å². The summed E-state index contributed by atoms with van der Waals surface area (Å²) in [4.78, 5) is 17.5. The van der Waals surface area contributed by atoms with Crippen molar-refractivity contribution in [2.24, 2.45) is 5.73 Å². The van der Waals surface area contributed by atoms with E-state index in [0.29, 0.717) is 6.54 Å². The highest BCUT2D eigenvalue weighted by Crippen LogP contribution is 2.02. The number of hydrogen-bond donors (Lipinski definition) is 1. The molecule has 0 saturated heterocycles. The Morgan fingerprint density at radius 2 is 2.38 bits per heavy atom. The van der Waals surface area contributed by atoms with Gasteiger partial charge in [-0.2, -0.15) is 0 Å². The van der Waals surface area contributed by atoms with Crippen molar-refractivity contribution in [2.45, 2.75) is 12.6 Å². The summed E-state index contributed by atoms with van der Waals surface area (Å²) < 4.78 is 4.98. The third-order valence-electron chi connectivity index (χ3n) is 2.28. The number of methoxy groups -OCH3 is 1. The van der Waals surface area contributed by atoms with Gasteiger partial charge in [-0.15, -0.1) is 0 Å². The van der Waals surface area contributed by atoms with E-state index in [1.165, 1.54) is 7.11 Å². The Balaban J connectivity index is 2.58. The van der Waals surface area contributed by atoms with Crippen LogP contribution < -0.4 is 5.73 Å². The highest BCUT2D eigenvalue weighted by molar-refractivity contribution is 5.80. The lowest BCUT2D eigenvalue weighted by Crippen LogP contribution is -2.41. The molecule has 1 atom stereocenters. The minimum absolute atomic E-state index is 0.129. The Hall–Kier alpha value is -1.46. The van der Waals surface area contributed by atoms with Gasteiger partial charge in [0.05, 0.1) is 12.2 Å². The largest absolute Gasteiger partial charge is 0.370 e. The van der Waals surface area contributed by atoms with Gasteiger partial charge >= 0.3 is 0 Å². The third kappa shape index (κ3) is 3.29. The van der Waals surface area contributed by atoms with Crippen molar-refractivity contribution in [3.63, 3.8) is 0 Å². The lowest BCUT2D eigenvalue weighted by atomic mass is 10.3. The van der Waals surface area contributed by atoms with E-state index in [9.17, 15) is 4.79 Å². The molecule has 0 bridgehead atoms. The van der Waals surface area contributed by atoms with Gasteiger partial charge in [-0.25, -0.2) is 0 Å². The molecule has 0 aliphatic rings. The standard InChI is InChI=1S/C11H17N3O2/c1-14(11(15)10(7-12)16-2)8-9-5-3-4-6-13-9/h3-6,10H,7-8,12H2,1-2H3. The number of amides is 1. The third-order valence-corrected chi connectivity index (χ3v) is 2.28. The molecule has 0 fully saturated rings. The first kappa shape index (κ1) is 12.6. The summed E-state index contributed by atoms with van der Waals surface area (Å²) >= 11 is 0. The molecule has 88 valence electrons. The van der Waals surface area contributed by atoms with E-state index in [2.05, 4.69) is 4.98 Å². The number of aromatic nitrogens is 1. The van der Waals surface area contributed by atoms with Gasteiger partial charge in [0.25, 0.3) is 5.91 Å². The van der Waals surface area contributed by atoms with E-state index in [1.54, 1.807) is 18.1 Å². The van der Waals surface area contributed by atoms with Crippen LogP contribution in [0.3, 0.4) is 0 Å². The topological polar surface area (TPSA) is 68.5 Å². The van der Waals surface area contributed by atoms with Gasteiger partial charge in [0, 0.05) is 26.9 Å². The summed E-state index contributed by atoms with van der Waals surface area (Å²) in [6.07, 6.45) is 1.12. The molecular weight excluding hydrogens is 206 g/mol. The maximum Gasteiger partial charge on any atom is 0.253 e. The predicted octanol–water partition coefficient (Wildman–Crippen LogP) is 0.0137. The summed E-state index contributed by atoms with van der Waals surface area (Å²) in [5.74, 6) is -0.129. The molecule has 16 heavy (non-hydrogen) atoms. The molecule has 5 nitrogen and oxygen atoms in total. The second-order valence-electron chi connectivity index (χ2n) is 3.48. The summed E-state index contributed by atoms with van der Waals surface area (Å²) in [6.45, 7) is 0.640. The van der Waals surface area contributed by atoms with Gasteiger partial charge in [0.15, 0.2) is 0 Å². The Labute approximate surface area is 95.2 Å². The number of rotatable bonds is 5. The second-order valence-corrected chi connectivity index (χ2v) is 3.48. The Morgan fingerprint density at radius 1 is 1.62 bits per heavy atom. The number of carbonyl (C=O) groups excluding carboxylic acids is 1. The van der Waals surface area contributed by atoms with Gasteiger partial charge < -0.3 is 15.4 Å². The maximum atomic E-state index is 11.8. The minimum atomic E-state index is -0.575. The summed E-state index contributed by atoms with van der Waals surface area (Å²) in [7, 11) is 3.18. The fraction of sp³-hybridized carbons (Fsp3) is 0.455. The SMILES string of the molecule is COC(CN)C(=O)N(C)Cc1ccccn1. The molecule has 2 N–H and O–H groups in total.